The number of carbonyl (C=O) groups excluding carboxylic acids is 2. The van der Waals surface area contributed by atoms with E-state index >= 15 is 0 Å². The van der Waals surface area contributed by atoms with E-state index in [0.717, 1.165) is 22.2 Å². The maximum absolute atomic E-state index is 12.7. The molecule has 0 atom stereocenters. The first-order chi connectivity index (χ1) is 14.8. The van der Waals surface area contributed by atoms with Crippen LogP contribution in [0.1, 0.15) is 11.3 Å². The number of thioether (sulfide) groups is 1. The smallest absolute Gasteiger partial charge is 0.293 e. The number of nitro groups is 1. The number of non-ortho nitro benzene ring substituents is 1. The zero-order chi connectivity index (χ0) is 22.1. The Bertz CT molecular complexity index is 1260. The summed E-state index contributed by atoms with van der Waals surface area (Å²) in [5.41, 5.74) is 1.33. The van der Waals surface area contributed by atoms with Crippen LogP contribution in [-0.4, -0.2) is 21.0 Å². The minimum absolute atomic E-state index is 0.0456. The Kier molecular flexibility index (Phi) is 5.99. The maximum atomic E-state index is 12.7. The number of amides is 2. The van der Waals surface area contributed by atoms with Gasteiger partial charge in [-0.1, -0.05) is 23.7 Å². The van der Waals surface area contributed by atoms with Gasteiger partial charge in [-0.25, -0.2) is 0 Å². The van der Waals surface area contributed by atoms with Crippen LogP contribution in [0.4, 0.5) is 10.5 Å². The molecule has 4 rings (SSSR count). The van der Waals surface area contributed by atoms with E-state index in [1.165, 1.54) is 18.2 Å². The second-order valence-corrected chi connectivity index (χ2v) is 8.81. The summed E-state index contributed by atoms with van der Waals surface area (Å²) in [4.78, 5) is 36.9. The van der Waals surface area contributed by atoms with E-state index < -0.39 is 10.8 Å². The van der Waals surface area contributed by atoms with Crippen molar-refractivity contribution in [2.75, 3.05) is 0 Å². The SMILES string of the molecule is O=C1S/C(=C\c2ccc(-c3ccc([N+](=O)[O-])cc3Br)o2)C(=O)N1Cc1cccc(Cl)c1. The van der Waals surface area contributed by atoms with Gasteiger partial charge in [0.25, 0.3) is 16.8 Å². The van der Waals surface area contributed by atoms with Crippen molar-refractivity contribution in [3.8, 4) is 11.3 Å². The number of halogens is 2. The lowest BCUT2D eigenvalue weighted by molar-refractivity contribution is -0.384. The first kappa shape index (κ1) is 21.4. The highest BCUT2D eigenvalue weighted by atomic mass is 79.9. The molecule has 0 N–H and O–H groups in total. The first-order valence-electron chi connectivity index (χ1n) is 8.86. The highest BCUT2D eigenvalue weighted by Crippen LogP contribution is 2.36. The van der Waals surface area contributed by atoms with E-state index in [9.17, 15) is 19.7 Å². The van der Waals surface area contributed by atoms with Crippen molar-refractivity contribution in [3.63, 3.8) is 0 Å². The second-order valence-electron chi connectivity index (χ2n) is 6.52. The van der Waals surface area contributed by atoms with Gasteiger partial charge in [0.05, 0.1) is 16.4 Å². The number of nitro benzene ring substituents is 1. The maximum Gasteiger partial charge on any atom is 0.293 e. The Hall–Kier alpha value is -2.88. The molecule has 7 nitrogen and oxygen atoms in total. The fraction of sp³-hybridized carbons (Fsp3) is 0.0476. The van der Waals surface area contributed by atoms with Crippen LogP contribution in [0.5, 0.6) is 0 Å². The minimum Gasteiger partial charge on any atom is -0.457 e. The van der Waals surface area contributed by atoms with Crippen molar-refractivity contribution in [2.24, 2.45) is 0 Å². The predicted molar refractivity (Wildman–Crippen MR) is 121 cm³/mol. The summed E-state index contributed by atoms with van der Waals surface area (Å²) in [6.45, 7) is 0.127. The van der Waals surface area contributed by atoms with Gasteiger partial charge in [0.15, 0.2) is 0 Å². The molecule has 2 aromatic carbocycles. The van der Waals surface area contributed by atoms with Gasteiger partial charge in [0.1, 0.15) is 11.5 Å². The fourth-order valence-corrected chi connectivity index (χ4v) is 4.57. The molecule has 10 heteroatoms. The number of benzene rings is 2. The fourth-order valence-electron chi connectivity index (χ4n) is 2.98. The summed E-state index contributed by atoms with van der Waals surface area (Å²) < 4.78 is 6.28. The van der Waals surface area contributed by atoms with Crippen LogP contribution >= 0.6 is 39.3 Å². The Morgan fingerprint density at radius 3 is 2.68 bits per heavy atom. The molecule has 3 aromatic rings. The van der Waals surface area contributed by atoms with Crippen LogP contribution in [0.2, 0.25) is 5.02 Å². The van der Waals surface area contributed by atoms with E-state index in [0.29, 0.717) is 26.6 Å². The summed E-state index contributed by atoms with van der Waals surface area (Å²) in [5.74, 6) is 0.434. The predicted octanol–water partition coefficient (Wildman–Crippen LogP) is 6.51. The third-order valence-electron chi connectivity index (χ3n) is 4.43. The van der Waals surface area contributed by atoms with Gasteiger partial charge in [-0.3, -0.25) is 24.6 Å². The number of imide groups is 1. The number of hydrogen-bond donors (Lipinski definition) is 0. The lowest BCUT2D eigenvalue weighted by Gasteiger charge is -2.12. The van der Waals surface area contributed by atoms with Crippen molar-refractivity contribution < 1.29 is 18.9 Å². The van der Waals surface area contributed by atoms with Crippen LogP contribution in [0.3, 0.4) is 0 Å². The molecule has 0 aliphatic carbocycles. The summed E-state index contributed by atoms with van der Waals surface area (Å²) in [6.07, 6.45) is 1.51. The number of furan rings is 1. The third kappa shape index (κ3) is 4.58. The molecule has 1 aromatic heterocycles. The summed E-state index contributed by atoms with van der Waals surface area (Å²) in [6, 6.07) is 14.7. The Balaban J connectivity index is 1.55. The second kappa shape index (κ2) is 8.70. The minimum atomic E-state index is -0.485. The van der Waals surface area contributed by atoms with Gasteiger partial charge in [0, 0.05) is 33.3 Å². The molecule has 0 bridgehead atoms. The van der Waals surface area contributed by atoms with Gasteiger partial charge in [-0.2, -0.15) is 0 Å². The molecular weight excluding hydrogens is 508 g/mol. The lowest BCUT2D eigenvalue weighted by atomic mass is 10.1. The van der Waals surface area contributed by atoms with Crippen molar-refractivity contribution >= 4 is 62.2 Å². The zero-order valence-electron chi connectivity index (χ0n) is 15.6. The summed E-state index contributed by atoms with van der Waals surface area (Å²) >= 11 is 10.1. The lowest BCUT2D eigenvalue weighted by Crippen LogP contribution is -2.27. The average Bonchev–Trinajstić information content (AvgIpc) is 3.28. The molecule has 2 heterocycles. The highest BCUT2D eigenvalue weighted by Gasteiger charge is 2.35. The normalized spacial score (nSPS) is 15.2. The van der Waals surface area contributed by atoms with Crippen LogP contribution in [0.25, 0.3) is 17.4 Å². The number of rotatable bonds is 5. The zero-order valence-corrected chi connectivity index (χ0v) is 18.7. The van der Waals surface area contributed by atoms with E-state index in [-0.39, 0.29) is 22.4 Å². The molecule has 1 saturated heterocycles. The van der Waals surface area contributed by atoms with Crippen LogP contribution < -0.4 is 0 Å². The topological polar surface area (TPSA) is 93.7 Å². The van der Waals surface area contributed by atoms with Crippen molar-refractivity contribution in [1.82, 2.24) is 4.90 Å². The van der Waals surface area contributed by atoms with Gasteiger partial charge in [-0.05, 0) is 63.6 Å². The monoisotopic (exact) mass is 518 g/mol. The molecular formula is C21H12BrClN2O5S. The van der Waals surface area contributed by atoms with Gasteiger partial charge in [-0.15, -0.1) is 0 Å². The molecule has 0 spiro atoms. The average molecular weight is 520 g/mol. The molecule has 2 amide bonds. The summed E-state index contributed by atoms with van der Waals surface area (Å²) in [7, 11) is 0. The Labute approximate surface area is 193 Å². The standard InChI is InChI=1S/C21H12BrClN2O5S/c22-17-9-14(25(28)29)4-6-16(17)18-7-5-15(30-18)10-19-20(26)24(21(27)31-19)11-12-2-1-3-13(23)8-12/h1-10H,11H2/b19-10-. The third-order valence-corrected chi connectivity index (χ3v) is 6.23. The van der Waals surface area contributed by atoms with Crippen molar-refractivity contribution in [1.29, 1.82) is 0 Å². The van der Waals surface area contributed by atoms with E-state index in [2.05, 4.69) is 15.9 Å². The molecule has 0 radical (unpaired) electrons. The van der Waals surface area contributed by atoms with Gasteiger partial charge < -0.3 is 4.42 Å². The van der Waals surface area contributed by atoms with E-state index in [1.54, 1.807) is 42.5 Å². The molecule has 1 aliphatic rings. The molecule has 0 unspecified atom stereocenters. The molecule has 31 heavy (non-hydrogen) atoms. The number of hydrogen-bond acceptors (Lipinski definition) is 6. The Morgan fingerprint density at radius 2 is 1.97 bits per heavy atom. The molecule has 0 saturated carbocycles. The van der Waals surface area contributed by atoms with Crippen LogP contribution in [-0.2, 0) is 11.3 Å². The van der Waals surface area contributed by atoms with Gasteiger partial charge >= 0.3 is 0 Å². The number of carbonyl (C=O) groups is 2. The molecule has 1 fully saturated rings. The van der Waals surface area contributed by atoms with Crippen molar-refractivity contribution in [3.05, 3.63) is 90.4 Å². The summed E-state index contributed by atoms with van der Waals surface area (Å²) in [5, 5.41) is 11.0. The quantitative estimate of drug-likeness (QED) is 0.217. The number of nitrogens with zero attached hydrogens (tertiary/aromatic N) is 2. The van der Waals surface area contributed by atoms with Gasteiger partial charge in [0.2, 0.25) is 0 Å². The van der Waals surface area contributed by atoms with Crippen LogP contribution in [0.15, 0.2) is 68.4 Å². The van der Waals surface area contributed by atoms with E-state index in [4.69, 9.17) is 16.0 Å². The largest absolute Gasteiger partial charge is 0.457 e. The van der Waals surface area contributed by atoms with Crippen LogP contribution in [0, 0.1) is 10.1 Å². The molecule has 156 valence electrons. The highest BCUT2D eigenvalue weighted by molar-refractivity contribution is 9.10. The molecule has 1 aliphatic heterocycles. The first-order valence-corrected chi connectivity index (χ1v) is 10.8. The van der Waals surface area contributed by atoms with E-state index in [1.807, 2.05) is 0 Å². The van der Waals surface area contributed by atoms with Crippen molar-refractivity contribution in [2.45, 2.75) is 6.54 Å². The Morgan fingerprint density at radius 1 is 1.16 bits per heavy atom.